The largest absolute Gasteiger partial charge is 0.301 e. The highest BCUT2D eigenvalue weighted by Crippen LogP contribution is 2.24. The van der Waals surface area contributed by atoms with Crippen LogP contribution in [0.2, 0.25) is 5.02 Å². The van der Waals surface area contributed by atoms with Gasteiger partial charge in [-0.1, -0.05) is 29.8 Å². The van der Waals surface area contributed by atoms with Crippen molar-refractivity contribution in [1.82, 2.24) is 4.98 Å². The molecule has 6 heteroatoms. The quantitative estimate of drug-likeness (QED) is 0.868. The Morgan fingerprint density at radius 3 is 2.89 bits per heavy atom. The van der Waals surface area contributed by atoms with E-state index in [0.29, 0.717) is 11.6 Å². The molecule has 0 aliphatic rings. The first kappa shape index (κ1) is 14.3. The number of halogens is 2. The van der Waals surface area contributed by atoms with Crippen LogP contribution < -0.4 is 5.32 Å². The monoisotopic (exact) mass is 314 g/mol. The van der Waals surface area contributed by atoms with Crippen molar-refractivity contribution >= 4 is 45.6 Å². The van der Waals surface area contributed by atoms with E-state index in [0.717, 1.165) is 15.5 Å². The fraction of sp³-hybridized carbons (Fsp3) is 0.231. The van der Waals surface area contributed by atoms with Crippen LogP contribution >= 0.6 is 34.5 Å². The first-order chi connectivity index (χ1) is 9.06. The molecule has 0 spiro atoms. The standard InChI is InChI=1S/C13H12Cl2N2OS/c1-8(14)12(18)17-13-16-7-10(19-13)6-9-4-2-3-5-11(9)15/h2-5,7-8H,6H2,1H3,(H,16,17,18). The first-order valence-corrected chi connectivity index (χ1v) is 7.32. The number of anilines is 1. The summed E-state index contributed by atoms with van der Waals surface area (Å²) in [5, 5.41) is 3.38. The van der Waals surface area contributed by atoms with Crippen LogP contribution in [0, 0.1) is 0 Å². The number of benzene rings is 1. The predicted molar refractivity (Wildman–Crippen MR) is 80.3 cm³/mol. The van der Waals surface area contributed by atoms with E-state index in [9.17, 15) is 4.79 Å². The second-order valence-corrected chi connectivity index (χ2v) is 6.18. The highest BCUT2D eigenvalue weighted by molar-refractivity contribution is 7.15. The van der Waals surface area contributed by atoms with Crippen LogP contribution in [0.25, 0.3) is 0 Å². The molecular weight excluding hydrogens is 303 g/mol. The maximum atomic E-state index is 11.4. The van der Waals surface area contributed by atoms with E-state index in [1.54, 1.807) is 13.1 Å². The first-order valence-electron chi connectivity index (χ1n) is 5.69. The zero-order valence-electron chi connectivity index (χ0n) is 10.2. The Morgan fingerprint density at radius 1 is 1.47 bits per heavy atom. The molecule has 0 aliphatic heterocycles. The van der Waals surface area contributed by atoms with Gasteiger partial charge in [0.05, 0.1) is 0 Å². The third-order valence-electron chi connectivity index (χ3n) is 2.47. The summed E-state index contributed by atoms with van der Waals surface area (Å²) in [6.07, 6.45) is 2.44. The number of carbonyl (C=O) groups excluding carboxylic acids is 1. The number of nitrogens with zero attached hydrogens (tertiary/aromatic N) is 1. The molecular formula is C13H12Cl2N2OS. The van der Waals surface area contributed by atoms with Gasteiger partial charge in [0.1, 0.15) is 5.38 Å². The average Bonchev–Trinajstić information content (AvgIpc) is 2.79. The molecule has 0 saturated heterocycles. The molecule has 0 radical (unpaired) electrons. The van der Waals surface area contributed by atoms with Gasteiger partial charge in [0.25, 0.3) is 0 Å². The Labute approximate surface area is 125 Å². The summed E-state index contributed by atoms with van der Waals surface area (Å²) >= 11 is 13.2. The summed E-state index contributed by atoms with van der Waals surface area (Å²) in [5.41, 5.74) is 1.04. The Balaban J connectivity index is 2.06. The number of hydrogen-bond acceptors (Lipinski definition) is 3. The molecule has 1 N–H and O–H groups in total. The number of alkyl halides is 1. The van der Waals surface area contributed by atoms with E-state index in [4.69, 9.17) is 23.2 Å². The Kier molecular flexibility index (Phi) is 4.80. The van der Waals surface area contributed by atoms with Gasteiger partial charge in [-0.3, -0.25) is 4.79 Å². The van der Waals surface area contributed by atoms with Gasteiger partial charge in [0.15, 0.2) is 5.13 Å². The highest BCUT2D eigenvalue weighted by Gasteiger charge is 2.12. The maximum Gasteiger partial charge on any atom is 0.243 e. The van der Waals surface area contributed by atoms with Gasteiger partial charge < -0.3 is 5.32 Å². The van der Waals surface area contributed by atoms with E-state index in [-0.39, 0.29) is 5.91 Å². The molecule has 2 rings (SSSR count). The fourth-order valence-electron chi connectivity index (χ4n) is 1.48. The van der Waals surface area contributed by atoms with Crippen LogP contribution in [-0.4, -0.2) is 16.3 Å². The Morgan fingerprint density at radius 2 is 2.21 bits per heavy atom. The van der Waals surface area contributed by atoms with Crippen LogP contribution in [0.15, 0.2) is 30.5 Å². The number of thiazole rings is 1. The number of nitrogens with one attached hydrogen (secondary N) is 1. The molecule has 1 heterocycles. The molecule has 19 heavy (non-hydrogen) atoms. The second-order valence-electron chi connectivity index (χ2n) is 4.01. The van der Waals surface area contributed by atoms with Crippen LogP contribution in [-0.2, 0) is 11.2 Å². The predicted octanol–water partition coefficient (Wildman–Crippen LogP) is 3.95. The number of carbonyl (C=O) groups is 1. The third kappa shape index (κ3) is 3.93. The van der Waals surface area contributed by atoms with Crippen LogP contribution in [0.5, 0.6) is 0 Å². The summed E-state index contributed by atoms with van der Waals surface area (Å²) in [5.74, 6) is -0.250. The average molecular weight is 315 g/mol. The topological polar surface area (TPSA) is 42.0 Å². The normalized spacial score (nSPS) is 12.2. The van der Waals surface area contributed by atoms with E-state index in [2.05, 4.69) is 10.3 Å². The van der Waals surface area contributed by atoms with Crippen LogP contribution in [0.3, 0.4) is 0 Å². The van der Waals surface area contributed by atoms with Crippen molar-refractivity contribution in [1.29, 1.82) is 0 Å². The van der Waals surface area contributed by atoms with Gasteiger partial charge in [-0.2, -0.15) is 0 Å². The Bertz CT molecular complexity index is 584. The molecule has 100 valence electrons. The molecule has 1 amide bonds. The van der Waals surface area contributed by atoms with Gasteiger partial charge in [0.2, 0.25) is 5.91 Å². The van der Waals surface area contributed by atoms with E-state index >= 15 is 0 Å². The van der Waals surface area contributed by atoms with Crippen molar-refractivity contribution < 1.29 is 4.79 Å². The number of aromatic nitrogens is 1. The summed E-state index contributed by atoms with van der Waals surface area (Å²) < 4.78 is 0. The summed E-state index contributed by atoms with van der Waals surface area (Å²) in [6, 6.07) is 7.67. The molecule has 1 atom stereocenters. The lowest BCUT2D eigenvalue weighted by molar-refractivity contribution is -0.115. The van der Waals surface area contributed by atoms with Gasteiger partial charge >= 0.3 is 0 Å². The van der Waals surface area contributed by atoms with Crippen molar-refractivity contribution in [2.45, 2.75) is 18.7 Å². The highest BCUT2D eigenvalue weighted by atomic mass is 35.5. The zero-order chi connectivity index (χ0) is 13.8. The molecule has 0 fully saturated rings. The SMILES string of the molecule is CC(Cl)C(=O)Nc1ncc(Cc2ccccc2Cl)s1. The van der Waals surface area contributed by atoms with Gasteiger partial charge in [-0.15, -0.1) is 22.9 Å². The number of rotatable bonds is 4. The smallest absolute Gasteiger partial charge is 0.243 e. The van der Waals surface area contributed by atoms with Crippen molar-refractivity contribution in [3.8, 4) is 0 Å². The van der Waals surface area contributed by atoms with Gasteiger partial charge in [0, 0.05) is 22.5 Å². The molecule has 1 unspecified atom stereocenters. The summed E-state index contributed by atoms with van der Waals surface area (Å²) in [4.78, 5) is 16.6. The zero-order valence-corrected chi connectivity index (χ0v) is 12.5. The van der Waals surface area contributed by atoms with Gasteiger partial charge in [-0.05, 0) is 18.6 Å². The lowest BCUT2D eigenvalue weighted by Gasteiger charge is -2.02. The van der Waals surface area contributed by atoms with Crippen molar-refractivity contribution in [2.24, 2.45) is 0 Å². The van der Waals surface area contributed by atoms with Crippen molar-refractivity contribution in [2.75, 3.05) is 5.32 Å². The van der Waals surface area contributed by atoms with E-state index < -0.39 is 5.38 Å². The molecule has 1 aromatic heterocycles. The van der Waals surface area contributed by atoms with Crippen molar-refractivity contribution in [3.05, 3.63) is 45.9 Å². The van der Waals surface area contributed by atoms with E-state index in [1.165, 1.54) is 11.3 Å². The van der Waals surface area contributed by atoms with Crippen molar-refractivity contribution in [3.63, 3.8) is 0 Å². The minimum absolute atomic E-state index is 0.250. The molecule has 0 bridgehead atoms. The minimum Gasteiger partial charge on any atom is -0.301 e. The summed E-state index contributed by atoms with van der Waals surface area (Å²) in [6.45, 7) is 1.62. The number of amides is 1. The number of hydrogen-bond donors (Lipinski definition) is 1. The molecule has 0 saturated carbocycles. The van der Waals surface area contributed by atoms with Gasteiger partial charge in [-0.25, -0.2) is 4.98 Å². The van der Waals surface area contributed by atoms with E-state index in [1.807, 2.05) is 24.3 Å². The fourth-order valence-corrected chi connectivity index (χ4v) is 2.58. The lowest BCUT2D eigenvalue weighted by Crippen LogP contribution is -2.19. The van der Waals surface area contributed by atoms with Crippen LogP contribution in [0.1, 0.15) is 17.4 Å². The third-order valence-corrected chi connectivity index (χ3v) is 3.95. The molecule has 0 aliphatic carbocycles. The lowest BCUT2D eigenvalue weighted by atomic mass is 10.1. The minimum atomic E-state index is -0.573. The maximum absolute atomic E-state index is 11.4. The molecule has 1 aromatic carbocycles. The van der Waals surface area contributed by atoms with Crippen LogP contribution in [0.4, 0.5) is 5.13 Å². The molecule has 3 nitrogen and oxygen atoms in total. The molecule has 2 aromatic rings. The Hall–Kier alpha value is -1.10. The second kappa shape index (κ2) is 6.37. The summed E-state index contributed by atoms with van der Waals surface area (Å²) in [7, 11) is 0.